The highest BCUT2D eigenvalue weighted by atomic mass is 35.5. The smallest absolute Gasteiger partial charge is 0.345 e. The quantitative estimate of drug-likeness (QED) is 0.0659. The van der Waals surface area contributed by atoms with Crippen LogP contribution in [-0.2, 0) is 32.0 Å². The van der Waals surface area contributed by atoms with Crippen molar-refractivity contribution in [2.75, 3.05) is 19.5 Å². The lowest BCUT2D eigenvalue weighted by Crippen LogP contribution is -2.46. The number of phenols is 2. The number of hydrogen-bond acceptors (Lipinski definition) is 17. The van der Waals surface area contributed by atoms with Gasteiger partial charge in [-0.2, -0.15) is 0 Å². The van der Waals surface area contributed by atoms with Crippen molar-refractivity contribution in [3.05, 3.63) is 88.7 Å². The number of ether oxygens (including phenoxy) is 2. The van der Waals surface area contributed by atoms with Crippen LogP contribution >= 0.6 is 34.5 Å². The lowest BCUT2D eigenvalue weighted by molar-refractivity contribution is -0.782. The van der Waals surface area contributed by atoms with Gasteiger partial charge in [0.2, 0.25) is 17.1 Å². The molecule has 1 saturated heterocycles. The van der Waals surface area contributed by atoms with E-state index in [0.29, 0.717) is 62.4 Å². The zero-order valence-electron chi connectivity index (χ0n) is 32.2. The van der Waals surface area contributed by atoms with Crippen LogP contribution in [0.1, 0.15) is 66.1 Å². The SMILES string of the molecule is CC1C(=O)C(C)C(c2cc(Cl)ccc2O)NC1c1cc(Cl)ccc1O.COC(=O)CCc1sc2c(c1[N+](=O)[O-])NC(=O)CCC2.COc1cc2c(no[n+]2[O-])n2nnnc12. The van der Waals surface area contributed by atoms with E-state index in [0.717, 1.165) is 4.88 Å². The van der Waals surface area contributed by atoms with Crippen molar-refractivity contribution in [1.29, 1.82) is 0 Å². The number of methoxy groups -OCH3 is 2. The van der Waals surface area contributed by atoms with E-state index in [1.165, 1.54) is 48.3 Å². The van der Waals surface area contributed by atoms with E-state index in [-0.39, 0.29) is 69.6 Å². The number of tetrazole rings is 1. The number of piperidine rings is 1. The van der Waals surface area contributed by atoms with Crippen molar-refractivity contribution in [1.82, 2.24) is 30.5 Å². The average molecular weight is 887 g/mol. The number of amides is 1. The Labute approximate surface area is 353 Å². The standard InChI is InChI=1S/C19H19Cl2NO3.C12H14N2O5S.C6H4N6O3/c1-9-17(13-7-11(20)3-5-15(13)23)22-18(10(2)19(9)25)14-8-12(21)4-6-16(14)24;1-19-10(16)6-5-8-12(14(17)18)11-7(20-8)3-2-4-9(15)13-11;1-14-4-2-3-5(8-15-12(3)13)11-6(4)7-9-10-11/h3-10,17-18,22-24H,1-2H3;2-6H2,1H3,(H,13,15);2H,1H3. The number of aromatic hydroxyl groups is 2. The van der Waals surface area contributed by atoms with E-state index in [1.54, 1.807) is 24.3 Å². The summed E-state index contributed by atoms with van der Waals surface area (Å²) in [4.78, 5) is 47.8. The molecule has 1 amide bonds. The molecule has 0 bridgehead atoms. The number of hydrogen-bond donors (Lipinski definition) is 4. The molecular weight excluding hydrogens is 849 g/mol. The van der Waals surface area contributed by atoms with E-state index in [1.807, 2.05) is 13.8 Å². The summed E-state index contributed by atoms with van der Waals surface area (Å²) < 4.78 is 15.3. The van der Waals surface area contributed by atoms with Crippen LogP contribution in [-0.4, -0.2) is 72.2 Å². The third-order valence-corrected chi connectivity index (χ3v) is 11.7. The minimum atomic E-state index is -0.493. The second-order valence-electron chi connectivity index (χ2n) is 13.7. The van der Waals surface area contributed by atoms with E-state index in [2.05, 4.69) is 40.7 Å². The van der Waals surface area contributed by atoms with Crippen molar-refractivity contribution in [3.8, 4) is 17.2 Å². The molecule has 2 aliphatic heterocycles. The number of pyridine rings is 1. The molecule has 4 N–H and O–H groups in total. The van der Waals surface area contributed by atoms with E-state index in [4.69, 9.17) is 27.9 Å². The Morgan fingerprint density at radius 3 is 2.25 bits per heavy atom. The highest BCUT2D eigenvalue weighted by Gasteiger charge is 2.42. The van der Waals surface area contributed by atoms with Gasteiger partial charge in [-0.25, -0.2) is 0 Å². The molecule has 1 fully saturated rings. The maximum Gasteiger partial charge on any atom is 0.345 e. The first-order chi connectivity index (χ1) is 28.6. The summed E-state index contributed by atoms with van der Waals surface area (Å²) in [6.45, 7) is 3.65. The van der Waals surface area contributed by atoms with Gasteiger partial charge in [0.15, 0.2) is 5.75 Å². The van der Waals surface area contributed by atoms with Gasteiger partial charge in [0, 0.05) is 62.5 Å². The molecule has 2 aromatic carbocycles. The number of halogens is 2. The molecule has 0 spiro atoms. The Morgan fingerprint density at radius 2 is 1.67 bits per heavy atom. The maximum absolute atomic E-state index is 12.8. The van der Waals surface area contributed by atoms with Crippen LogP contribution in [0, 0.1) is 27.2 Å². The van der Waals surface area contributed by atoms with Crippen molar-refractivity contribution in [2.24, 2.45) is 11.8 Å². The van der Waals surface area contributed by atoms with Gasteiger partial charge in [-0.3, -0.25) is 29.1 Å². The Morgan fingerprint density at radius 1 is 1.03 bits per heavy atom. The van der Waals surface area contributed by atoms with Crippen LogP contribution in [0.5, 0.6) is 17.2 Å². The number of aryl methyl sites for hydroxylation is 2. The lowest BCUT2D eigenvalue weighted by atomic mass is 9.76. The lowest BCUT2D eigenvalue weighted by Gasteiger charge is -2.40. The van der Waals surface area contributed by atoms with Gasteiger partial charge < -0.3 is 35.5 Å². The third-order valence-electron chi connectivity index (χ3n) is 9.98. The number of nitrogens with zero attached hydrogens (tertiary/aromatic N) is 7. The number of phenolic OH excluding ortho intramolecular Hbond substituents is 2. The molecule has 4 aromatic heterocycles. The van der Waals surface area contributed by atoms with Crippen LogP contribution in [0.15, 0.2) is 47.1 Å². The third kappa shape index (κ3) is 9.03. The summed E-state index contributed by atoms with van der Waals surface area (Å²) in [5.74, 6) is -0.742. The number of benzene rings is 2. The fourth-order valence-corrected chi connectivity index (χ4v) is 8.58. The van der Waals surface area contributed by atoms with Gasteiger partial charge in [-0.1, -0.05) is 37.0 Å². The number of thiophene rings is 1. The molecule has 6 heterocycles. The monoisotopic (exact) mass is 885 g/mol. The number of esters is 1. The van der Waals surface area contributed by atoms with Crippen LogP contribution in [0.2, 0.25) is 10.0 Å². The highest BCUT2D eigenvalue weighted by Crippen LogP contribution is 2.44. The van der Waals surface area contributed by atoms with Crippen LogP contribution < -0.4 is 20.3 Å². The van der Waals surface area contributed by atoms with E-state index in [9.17, 15) is 39.9 Å². The summed E-state index contributed by atoms with van der Waals surface area (Å²) >= 11 is 13.4. The van der Waals surface area contributed by atoms with Gasteiger partial charge in [-0.05, 0) is 71.0 Å². The second kappa shape index (κ2) is 18.4. The molecule has 6 aromatic rings. The zero-order valence-corrected chi connectivity index (χ0v) is 34.6. The van der Waals surface area contributed by atoms with Gasteiger partial charge >= 0.3 is 17.3 Å². The predicted octanol–water partition coefficient (Wildman–Crippen LogP) is 5.58. The first-order valence-corrected chi connectivity index (χ1v) is 19.8. The van der Waals surface area contributed by atoms with Gasteiger partial charge in [0.25, 0.3) is 0 Å². The van der Waals surface area contributed by atoms with Crippen LogP contribution in [0.3, 0.4) is 0 Å². The maximum atomic E-state index is 12.8. The minimum Gasteiger partial charge on any atom is -0.508 e. The van der Waals surface area contributed by atoms with Crippen LogP contribution in [0.4, 0.5) is 11.4 Å². The number of fused-ring (bicyclic) bond motifs is 4. The Kier molecular flexibility index (Phi) is 13.3. The number of rotatable bonds is 7. The molecule has 2 aliphatic rings. The molecule has 316 valence electrons. The number of aromatic nitrogens is 6. The normalized spacial score (nSPS) is 18.6. The molecule has 0 saturated carbocycles. The number of Topliss-reactive ketones (excluding diaryl/α,β-unsaturated/α-hetero) is 1. The molecule has 8 rings (SSSR count). The van der Waals surface area contributed by atoms with Crippen molar-refractivity contribution in [2.45, 2.75) is 58.0 Å². The fourth-order valence-electron chi connectivity index (χ4n) is 6.94. The molecule has 23 heteroatoms. The number of carbonyl (C=O) groups excluding carboxylic acids is 3. The fraction of sp³-hybridized carbons (Fsp3) is 0.351. The Balaban J connectivity index is 0.000000155. The van der Waals surface area contributed by atoms with Crippen molar-refractivity contribution in [3.63, 3.8) is 0 Å². The molecule has 0 radical (unpaired) electrons. The number of carbonyl (C=O) groups is 3. The van der Waals surface area contributed by atoms with Crippen LogP contribution in [0.25, 0.3) is 16.8 Å². The topological polar surface area (TPSA) is 273 Å². The zero-order chi connectivity index (χ0) is 43.4. The van der Waals surface area contributed by atoms with E-state index >= 15 is 0 Å². The summed E-state index contributed by atoms with van der Waals surface area (Å²) in [5, 5.41) is 64.2. The van der Waals surface area contributed by atoms with Crippen molar-refractivity contribution < 1.29 is 48.5 Å². The minimum absolute atomic E-state index is 0.0486. The van der Waals surface area contributed by atoms with Gasteiger partial charge in [-0.15, -0.1) is 21.0 Å². The number of anilines is 1. The molecular formula is C37H37Cl2N9O11S. The van der Waals surface area contributed by atoms with Crippen molar-refractivity contribution >= 4 is 80.4 Å². The number of ketones is 1. The molecule has 4 unspecified atom stereocenters. The first-order valence-electron chi connectivity index (χ1n) is 18.2. The molecule has 4 atom stereocenters. The molecule has 20 nitrogen and oxygen atoms in total. The number of nitro groups is 1. The van der Waals surface area contributed by atoms with Gasteiger partial charge in [0.05, 0.1) is 35.6 Å². The Hall–Kier alpha value is -6.16. The predicted molar refractivity (Wildman–Crippen MR) is 215 cm³/mol. The molecule has 60 heavy (non-hydrogen) atoms. The first kappa shape index (κ1) is 43.4. The summed E-state index contributed by atoms with van der Waals surface area (Å²) in [7, 11) is 2.74. The van der Waals surface area contributed by atoms with E-state index < -0.39 is 23.0 Å². The summed E-state index contributed by atoms with van der Waals surface area (Å²) in [6.07, 6.45) is 2.02. The number of nitrogens with one attached hydrogen (secondary N) is 2. The Bertz CT molecular complexity index is 2530. The second-order valence-corrected chi connectivity index (χ2v) is 15.7. The summed E-state index contributed by atoms with van der Waals surface area (Å²) in [5.41, 5.74) is 2.17. The molecule has 0 aliphatic carbocycles. The van der Waals surface area contributed by atoms with Gasteiger partial charge in [0.1, 0.15) is 23.0 Å². The summed E-state index contributed by atoms with van der Waals surface area (Å²) in [6, 6.07) is 10.1. The largest absolute Gasteiger partial charge is 0.508 e. The highest BCUT2D eigenvalue weighted by molar-refractivity contribution is 7.13. The average Bonchev–Trinajstić information content (AvgIpc) is 3.92.